The van der Waals surface area contributed by atoms with E-state index in [0.717, 1.165) is 35.2 Å². The number of ether oxygens (including phenoxy) is 1. The molecule has 0 spiro atoms. The topological polar surface area (TPSA) is 91.9 Å². The van der Waals surface area contributed by atoms with Gasteiger partial charge in [0.05, 0.1) is 16.6 Å². The second-order valence-corrected chi connectivity index (χ2v) is 9.02. The summed E-state index contributed by atoms with van der Waals surface area (Å²) in [4.78, 5) is 22.9. The number of aromatic amines is 1. The molecule has 0 saturated heterocycles. The van der Waals surface area contributed by atoms with Gasteiger partial charge in [-0.1, -0.05) is 0 Å². The number of benzene rings is 2. The minimum atomic E-state index is -4.40. The van der Waals surface area contributed by atoms with Crippen LogP contribution in [0.1, 0.15) is 40.8 Å². The number of halogens is 3. The second kappa shape index (κ2) is 8.25. The third kappa shape index (κ3) is 3.73. The van der Waals surface area contributed by atoms with E-state index in [1.54, 1.807) is 19.3 Å². The van der Waals surface area contributed by atoms with Crippen molar-refractivity contribution in [2.45, 2.75) is 36.9 Å². The van der Waals surface area contributed by atoms with E-state index < -0.39 is 11.7 Å². The van der Waals surface area contributed by atoms with Crippen molar-refractivity contribution in [3.63, 3.8) is 0 Å². The summed E-state index contributed by atoms with van der Waals surface area (Å²) in [6.07, 6.45) is -1.02. The van der Waals surface area contributed by atoms with Crippen LogP contribution >= 0.6 is 0 Å². The molecule has 3 N–H and O–H groups in total. The van der Waals surface area contributed by atoms with E-state index in [-0.39, 0.29) is 17.9 Å². The van der Waals surface area contributed by atoms with Gasteiger partial charge in [-0.05, 0) is 54.4 Å². The van der Waals surface area contributed by atoms with Gasteiger partial charge in [0.25, 0.3) is 0 Å². The number of aromatic nitrogens is 3. The number of imidazole rings is 1. The maximum Gasteiger partial charge on any atom is 0.416 e. The Bertz CT molecular complexity index is 1480. The Hall–Kier alpha value is -4.08. The second-order valence-electron chi connectivity index (χ2n) is 9.02. The highest BCUT2D eigenvalue weighted by molar-refractivity contribution is 5.77. The number of carbonyl (C=O) groups excluding carboxylic acids is 1. The molecule has 184 valence electrons. The molecule has 7 nitrogen and oxygen atoms in total. The highest BCUT2D eigenvalue weighted by Gasteiger charge is 2.58. The number of nitrogens with one attached hydrogen (secondary N) is 3. The van der Waals surface area contributed by atoms with Crippen molar-refractivity contribution in [3.8, 4) is 11.5 Å². The van der Waals surface area contributed by atoms with Crippen molar-refractivity contribution in [1.82, 2.24) is 15.0 Å². The van der Waals surface area contributed by atoms with Crippen molar-refractivity contribution in [2.24, 2.45) is 0 Å². The molecule has 1 saturated carbocycles. The highest BCUT2D eigenvalue weighted by Crippen LogP contribution is 2.62. The molecule has 0 unspecified atom stereocenters. The average Bonchev–Trinajstić information content (AvgIpc) is 3.20. The molecule has 1 aliphatic carbocycles. The summed E-state index contributed by atoms with van der Waals surface area (Å²) >= 11 is 0. The summed E-state index contributed by atoms with van der Waals surface area (Å²) in [5.74, 6) is 2.80. The number of pyridine rings is 1. The fraction of sp³-hybridized carbons (Fsp3) is 0.269. The summed E-state index contributed by atoms with van der Waals surface area (Å²) in [6.45, 7) is 0. The Balaban J connectivity index is 1.26. The number of aldehydes is 1. The van der Waals surface area contributed by atoms with Crippen LogP contribution < -0.4 is 15.4 Å². The quantitative estimate of drug-likeness (QED) is 0.290. The maximum atomic E-state index is 13.1. The van der Waals surface area contributed by atoms with Crippen molar-refractivity contribution in [1.29, 1.82) is 0 Å². The molecule has 1 fully saturated rings. The van der Waals surface area contributed by atoms with Crippen LogP contribution in [0.5, 0.6) is 11.5 Å². The molecule has 2 aromatic carbocycles. The standard InChI is InChI=1S/C26H22F3N5O2/c1-30-24-15(3-2-10-35)20(8-9-31-24)36-14-5-7-17-16(12-14)21-22(23(21)32-17)25-33-18-6-4-13(26(27,28)29)11-19(18)34-25/h4-12,21-23,32H,2-3H2,1H3,(H,30,31)(H,33,34)/t21-,22-,23-/m0/s1. The van der Waals surface area contributed by atoms with E-state index >= 15 is 0 Å². The molecular weight excluding hydrogens is 471 g/mol. The number of alkyl halides is 3. The zero-order valence-corrected chi connectivity index (χ0v) is 19.2. The molecule has 3 heterocycles. The number of H-pyrrole nitrogens is 1. The van der Waals surface area contributed by atoms with Gasteiger partial charge in [-0.3, -0.25) is 0 Å². The van der Waals surface area contributed by atoms with Crippen LogP contribution in [-0.4, -0.2) is 34.3 Å². The molecule has 6 rings (SSSR count). The lowest BCUT2D eigenvalue weighted by Crippen LogP contribution is -2.04. The normalized spacial score (nSPS) is 19.9. The number of hydrogen-bond donors (Lipinski definition) is 3. The van der Waals surface area contributed by atoms with Gasteiger partial charge in [-0.2, -0.15) is 13.2 Å². The summed E-state index contributed by atoms with van der Waals surface area (Å²) in [7, 11) is 1.77. The van der Waals surface area contributed by atoms with Gasteiger partial charge in [0.1, 0.15) is 29.4 Å². The van der Waals surface area contributed by atoms with Gasteiger partial charge in [0.2, 0.25) is 0 Å². The number of rotatable bonds is 7. The first-order chi connectivity index (χ1) is 17.4. The van der Waals surface area contributed by atoms with Crippen molar-refractivity contribution in [3.05, 3.63) is 71.2 Å². The lowest BCUT2D eigenvalue weighted by Gasteiger charge is -2.15. The first-order valence-electron chi connectivity index (χ1n) is 11.6. The van der Waals surface area contributed by atoms with Gasteiger partial charge in [-0.25, -0.2) is 9.97 Å². The molecule has 0 radical (unpaired) electrons. The minimum absolute atomic E-state index is 0.0365. The Morgan fingerprint density at radius 1 is 1.14 bits per heavy atom. The molecule has 10 heteroatoms. The average molecular weight is 493 g/mol. The Morgan fingerprint density at radius 2 is 2.00 bits per heavy atom. The number of fused-ring (bicyclic) bond motifs is 4. The summed E-state index contributed by atoms with van der Waals surface area (Å²) < 4.78 is 45.5. The highest BCUT2D eigenvalue weighted by atomic mass is 19.4. The molecule has 4 aromatic rings. The Kier molecular flexibility index (Phi) is 5.13. The fourth-order valence-corrected chi connectivity index (χ4v) is 5.13. The van der Waals surface area contributed by atoms with E-state index in [1.807, 2.05) is 18.2 Å². The van der Waals surface area contributed by atoms with E-state index in [4.69, 9.17) is 4.74 Å². The smallest absolute Gasteiger partial charge is 0.416 e. The van der Waals surface area contributed by atoms with Crippen LogP contribution in [0.4, 0.5) is 24.7 Å². The third-order valence-electron chi connectivity index (χ3n) is 6.86. The fourth-order valence-electron chi connectivity index (χ4n) is 5.13. The number of hydrogen-bond acceptors (Lipinski definition) is 6. The van der Waals surface area contributed by atoms with Crippen molar-refractivity contribution in [2.75, 3.05) is 17.7 Å². The molecule has 2 aromatic heterocycles. The largest absolute Gasteiger partial charge is 0.457 e. The van der Waals surface area contributed by atoms with Crippen molar-refractivity contribution < 1.29 is 22.7 Å². The SMILES string of the molecule is CNc1nccc(Oc2ccc3c(c2)[C@@H]2[C@H](N3)[C@H]2c2nc3ccc(C(F)(F)F)cc3[nH]2)c1CCC=O. The van der Waals surface area contributed by atoms with E-state index in [0.29, 0.717) is 47.0 Å². The maximum absolute atomic E-state index is 13.1. The van der Waals surface area contributed by atoms with E-state index in [2.05, 4.69) is 25.6 Å². The van der Waals surface area contributed by atoms with E-state index in [9.17, 15) is 18.0 Å². The Morgan fingerprint density at radius 3 is 2.78 bits per heavy atom. The molecule has 0 amide bonds. The van der Waals surface area contributed by atoms with Crippen LogP contribution in [-0.2, 0) is 17.4 Å². The number of nitrogens with zero attached hydrogens (tertiary/aromatic N) is 2. The minimum Gasteiger partial charge on any atom is -0.457 e. The first-order valence-corrected chi connectivity index (χ1v) is 11.6. The summed E-state index contributed by atoms with van der Waals surface area (Å²) in [5, 5.41) is 6.54. The zero-order chi connectivity index (χ0) is 25.0. The van der Waals surface area contributed by atoms with Crippen LogP contribution in [0, 0.1) is 0 Å². The van der Waals surface area contributed by atoms with Crippen LogP contribution in [0.25, 0.3) is 11.0 Å². The third-order valence-corrected chi connectivity index (χ3v) is 6.86. The molecule has 2 aliphatic rings. The number of carbonyl (C=O) groups is 1. The van der Waals surface area contributed by atoms with Crippen LogP contribution in [0.15, 0.2) is 48.7 Å². The van der Waals surface area contributed by atoms with Crippen LogP contribution in [0.3, 0.4) is 0 Å². The zero-order valence-electron chi connectivity index (χ0n) is 19.2. The first kappa shape index (κ1) is 22.4. The molecule has 1 aliphatic heterocycles. The number of anilines is 2. The lowest BCUT2D eigenvalue weighted by molar-refractivity contribution is -0.137. The van der Waals surface area contributed by atoms with Gasteiger partial charge in [-0.15, -0.1) is 0 Å². The van der Waals surface area contributed by atoms with Gasteiger partial charge >= 0.3 is 6.18 Å². The summed E-state index contributed by atoms with van der Waals surface area (Å²) in [5.41, 5.74) is 3.11. The van der Waals surface area contributed by atoms with Gasteiger partial charge in [0, 0.05) is 48.8 Å². The molecule has 36 heavy (non-hydrogen) atoms. The molecule has 3 atom stereocenters. The predicted octanol–water partition coefficient (Wildman–Crippen LogP) is 5.62. The molecular formula is C26H22F3N5O2. The predicted molar refractivity (Wildman–Crippen MR) is 129 cm³/mol. The summed E-state index contributed by atoms with van der Waals surface area (Å²) in [6, 6.07) is 11.3. The lowest BCUT2D eigenvalue weighted by atomic mass is 10.1. The monoisotopic (exact) mass is 493 g/mol. The van der Waals surface area contributed by atoms with Gasteiger partial charge in [0.15, 0.2) is 0 Å². The van der Waals surface area contributed by atoms with Gasteiger partial charge < -0.3 is 25.1 Å². The molecule has 0 bridgehead atoms. The Labute approximate surface area is 204 Å². The van der Waals surface area contributed by atoms with Crippen molar-refractivity contribution >= 4 is 28.8 Å². The van der Waals surface area contributed by atoms with Crippen LogP contribution in [0.2, 0.25) is 0 Å². The van der Waals surface area contributed by atoms with E-state index in [1.165, 1.54) is 6.07 Å².